The Labute approximate surface area is 111 Å². The molecule has 0 spiro atoms. The summed E-state index contributed by atoms with van der Waals surface area (Å²) in [6.07, 6.45) is 1.98. The number of ether oxygens (including phenoxy) is 1. The number of rotatable bonds is 3. The zero-order chi connectivity index (χ0) is 14.0. The minimum atomic E-state index is -1.07. The molecule has 1 aliphatic rings. The van der Waals surface area contributed by atoms with E-state index in [2.05, 4.69) is 0 Å². The fourth-order valence-corrected chi connectivity index (χ4v) is 2.36. The second kappa shape index (κ2) is 5.30. The van der Waals surface area contributed by atoms with E-state index in [1.165, 1.54) is 19.2 Å². The number of carbonyl (C=O) groups is 2. The molecule has 0 saturated carbocycles. The predicted molar refractivity (Wildman–Crippen MR) is 69.7 cm³/mol. The van der Waals surface area contributed by atoms with Gasteiger partial charge in [0.1, 0.15) is 5.75 Å². The fraction of sp³-hybridized carbons (Fsp3) is 0.429. The maximum Gasteiger partial charge on any atom is 0.335 e. The molecule has 1 unspecified atom stereocenters. The quantitative estimate of drug-likeness (QED) is 0.906. The van der Waals surface area contributed by atoms with Gasteiger partial charge in [-0.05, 0) is 38.0 Å². The van der Waals surface area contributed by atoms with Gasteiger partial charge in [0.25, 0.3) is 5.91 Å². The van der Waals surface area contributed by atoms with E-state index in [1.54, 1.807) is 11.0 Å². The summed E-state index contributed by atoms with van der Waals surface area (Å²) in [4.78, 5) is 25.2. The molecule has 0 bridgehead atoms. The molecular formula is C14H17NO4. The van der Waals surface area contributed by atoms with Crippen molar-refractivity contribution in [2.45, 2.75) is 25.8 Å². The summed E-state index contributed by atoms with van der Waals surface area (Å²) in [6.45, 7) is 2.72. The van der Waals surface area contributed by atoms with Crippen molar-refractivity contribution in [3.05, 3.63) is 29.3 Å². The lowest BCUT2D eigenvalue weighted by molar-refractivity contribution is 0.0696. The summed E-state index contributed by atoms with van der Waals surface area (Å²) >= 11 is 0. The number of amides is 1. The van der Waals surface area contributed by atoms with Gasteiger partial charge >= 0.3 is 5.97 Å². The van der Waals surface area contributed by atoms with E-state index in [9.17, 15) is 9.59 Å². The van der Waals surface area contributed by atoms with E-state index < -0.39 is 5.97 Å². The van der Waals surface area contributed by atoms with Crippen molar-refractivity contribution in [1.82, 2.24) is 4.90 Å². The second-order valence-electron chi connectivity index (χ2n) is 4.75. The summed E-state index contributed by atoms with van der Waals surface area (Å²) in [7, 11) is 1.45. The number of hydrogen-bond acceptors (Lipinski definition) is 3. The minimum absolute atomic E-state index is 0.0644. The highest BCUT2D eigenvalue weighted by atomic mass is 16.5. The second-order valence-corrected chi connectivity index (χ2v) is 4.75. The zero-order valence-electron chi connectivity index (χ0n) is 11.0. The van der Waals surface area contributed by atoms with E-state index >= 15 is 0 Å². The number of benzene rings is 1. The van der Waals surface area contributed by atoms with Gasteiger partial charge < -0.3 is 14.7 Å². The molecule has 2 rings (SSSR count). The summed E-state index contributed by atoms with van der Waals surface area (Å²) in [6, 6.07) is 4.59. The SMILES string of the molecule is COc1cc(C(=O)O)cc(C(=O)N2CCCC2C)c1. The standard InChI is InChI=1S/C14H17NO4/c1-9-4-3-5-15(9)13(16)10-6-11(14(17)18)8-12(7-10)19-2/h6-9H,3-5H2,1-2H3,(H,17,18). The molecule has 1 heterocycles. The van der Waals surface area contributed by atoms with Crippen molar-refractivity contribution in [1.29, 1.82) is 0 Å². The van der Waals surface area contributed by atoms with Gasteiger partial charge in [-0.2, -0.15) is 0 Å². The number of methoxy groups -OCH3 is 1. The van der Waals surface area contributed by atoms with E-state index in [-0.39, 0.29) is 17.5 Å². The first-order chi connectivity index (χ1) is 9.02. The Bertz CT molecular complexity index is 512. The van der Waals surface area contributed by atoms with Crippen LogP contribution in [0.3, 0.4) is 0 Å². The maximum absolute atomic E-state index is 12.4. The largest absolute Gasteiger partial charge is 0.497 e. The first-order valence-corrected chi connectivity index (χ1v) is 6.26. The Morgan fingerprint density at radius 2 is 2.00 bits per heavy atom. The van der Waals surface area contributed by atoms with Crippen LogP contribution in [0.2, 0.25) is 0 Å². The predicted octanol–water partition coefficient (Wildman–Crippen LogP) is 2.02. The van der Waals surface area contributed by atoms with Crippen molar-refractivity contribution in [3.8, 4) is 5.75 Å². The molecule has 5 heteroatoms. The highest BCUT2D eigenvalue weighted by molar-refractivity contribution is 5.98. The third-order valence-electron chi connectivity index (χ3n) is 3.45. The lowest BCUT2D eigenvalue weighted by Gasteiger charge is -2.21. The van der Waals surface area contributed by atoms with E-state index in [0.29, 0.717) is 11.3 Å². The third-order valence-corrected chi connectivity index (χ3v) is 3.45. The maximum atomic E-state index is 12.4. The van der Waals surface area contributed by atoms with Gasteiger partial charge in [-0.25, -0.2) is 4.79 Å². The van der Waals surface area contributed by atoms with Crippen LogP contribution in [-0.4, -0.2) is 41.6 Å². The van der Waals surface area contributed by atoms with E-state index in [4.69, 9.17) is 9.84 Å². The first-order valence-electron chi connectivity index (χ1n) is 6.26. The molecule has 5 nitrogen and oxygen atoms in total. The molecule has 1 saturated heterocycles. The Hall–Kier alpha value is -2.04. The van der Waals surface area contributed by atoms with Crippen LogP contribution in [0.25, 0.3) is 0 Å². The number of aromatic carboxylic acids is 1. The molecule has 1 fully saturated rings. The molecule has 0 aliphatic carbocycles. The number of likely N-dealkylation sites (tertiary alicyclic amines) is 1. The van der Waals surface area contributed by atoms with Crippen LogP contribution < -0.4 is 4.74 Å². The molecule has 1 aromatic rings. The van der Waals surface area contributed by atoms with Crippen LogP contribution in [0, 0.1) is 0 Å². The molecule has 1 aliphatic heterocycles. The van der Waals surface area contributed by atoms with Crippen LogP contribution >= 0.6 is 0 Å². The molecule has 1 atom stereocenters. The number of carboxylic acids is 1. The van der Waals surface area contributed by atoms with Gasteiger partial charge in [0.05, 0.1) is 12.7 Å². The average molecular weight is 263 g/mol. The van der Waals surface area contributed by atoms with Crippen molar-refractivity contribution >= 4 is 11.9 Å². The third kappa shape index (κ3) is 2.70. The molecule has 0 radical (unpaired) electrons. The van der Waals surface area contributed by atoms with Crippen LogP contribution in [-0.2, 0) is 0 Å². The van der Waals surface area contributed by atoms with Gasteiger partial charge in [0.2, 0.25) is 0 Å². The molecule has 1 aromatic carbocycles. The fourth-order valence-electron chi connectivity index (χ4n) is 2.36. The Kier molecular flexibility index (Phi) is 3.74. The lowest BCUT2D eigenvalue weighted by Crippen LogP contribution is -2.33. The first kappa shape index (κ1) is 13.4. The van der Waals surface area contributed by atoms with Crippen molar-refractivity contribution in [2.24, 2.45) is 0 Å². The van der Waals surface area contributed by atoms with E-state index in [0.717, 1.165) is 19.4 Å². The summed E-state index contributed by atoms with van der Waals surface area (Å²) in [5, 5.41) is 9.05. The molecular weight excluding hydrogens is 246 g/mol. The summed E-state index contributed by atoms with van der Waals surface area (Å²) in [5.74, 6) is -0.816. The van der Waals surface area contributed by atoms with E-state index in [1.807, 2.05) is 6.92 Å². The van der Waals surface area contributed by atoms with Gasteiger partial charge in [-0.15, -0.1) is 0 Å². The summed E-state index contributed by atoms with van der Waals surface area (Å²) in [5.41, 5.74) is 0.431. The van der Waals surface area contributed by atoms with Crippen LogP contribution in [0.5, 0.6) is 5.75 Å². The van der Waals surface area contributed by atoms with Crippen LogP contribution in [0.4, 0.5) is 0 Å². The Morgan fingerprint density at radius 1 is 1.32 bits per heavy atom. The molecule has 1 amide bonds. The van der Waals surface area contributed by atoms with Crippen molar-refractivity contribution in [3.63, 3.8) is 0 Å². The number of nitrogens with zero attached hydrogens (tertiary/aromatic N) is 1. The van der Waals surface area contributed by atoms with Gasteiger partial charge in [0, 0.05) is 18.2 Å². The van der Waals surface area contributed by atoms with Crippen molar-refractivity contribution in [2.75, 3.05) is 13.7 Å². The van der Waals surface area contributed by atoms with Crippen molar-refractivity contribution < 1.29 is 19.4 Å². The van der Waals surface area contributed by atoms with Gasteiger partial charge in [0.15, 0.2) is 0 Å². The molecule has 102 valence electrons. The Morgan fingerprint density at radius 3 is 2.53 bits per heavy atom. The normalized spacial score (nSPS) is 18.4. The highest BCUT2D eigenvalue weighted by Gasteiger charge is 2.26. The number of hydrogen-bond donors (Lipinski definition) is 1. The number of carboxylic acid groups (broad SMARTS) is 1. The average Bonchev–Trinajstić information content (AvgIpc) is 2.83. The molecule has 19 heavy (non-hydrogen) atoms. The summed E-state index contributed by atoms with van der Waals surface area (Å²) < 4.78 is 5.05. The van der Waals surface area contributed by atoms with Gasteiger partial charge in [-0.3, -0.25) is 4.79 Å². The zero-order valence-corrected chi connectivity index (χ0v) is 11.0. The minimum Gasteiger partial charge on any atom is -0.497 e. The number of carbonyl (C=O) groups excluding carboxylic acids is 1. The lowest BCUT2D eigenvalue weighted by atomic mass is 10.1. The highest BCUT2D eigenvalue weighted by Crippen LogP contribution is 2.23. The smallest absolute Gasteiger partial charge is 0.335 e. The van der Waals surface area contributed by atoms with Crippen LogP contribution in [0.15, 0.2) is 18.2 Å². The monoisotopic (exact) mass is 263 g/mol. The molecule has 1 N–H and O–H groups in total. The van der Waals surface area contributed by atoms with Gasteiger partial charge in [-0.1, -0.05) is 0 Å². The molecule has 0 aromatic heterocycles. The Balaban J connectivity index is 2.35. The topological polar surface area (TPSA) is 66.8 Å². The van der Waals surface area contributed by atoms with Crippen LogP contribution in [0.1, 0.15) is 40.5 Å².